The molecule has 0 radical (unpaired) electrons. The zero-order valence-corrected chi connectivity index (χ0v) is 21.3. The van der Waals surface area contributed by atoms with Crippen molar-refractivity contribution in [2.45, 2.75) is 129 Å². The van der Waals surface area contributed by atoms with Gasteiger partial charge in [0, 0.05) is 0 Å². The molecule has 0 rings (SSSR count). The summed E-state index contributed by atoms with van der Waals surface area (Å²) < 4.78 is 86.1. The first-order valence-electron chi connectivity index (χ1n) is 12.8. The maximum atomic E-state index is 13.5. The lowest BCUT2D eigenvalue weighted by Gasteiger charge is -2.28. The lowest BCUT2D eigenvalue weighted by atomic mass is 9.82. The van der Waals surface area contributed by atoms with Crippen LogP contribution in [0.1, 0.15) is 111 Å². The van der Waals surface area contributed by atoms with Crippen LogP contribution in [0.25, 0.3) is 0 Å². The predicted octanol–water partition coefficient (Wildman–Crippen LogP) is 8.12. The molecule has 0 aliphatic rings. The molecule has 10 heteroatoms. The molecule has 0 fully saturated rings. The summed E-state index contributed by atoms with van der Waals surface area (Å²) in [7, 11) is 0. The van der Waals surface area contributed by atoms with Gasteiger partial charge < -0.3 is 9.47 Å². The minimum atomic E-state index is -5.81. The summed E-state index contributed by atoms with van der Waals surface area (Å²) in [5.74, 6) is -7.40. The van der Waals surface area contributed by atoms with Crippen LogP contribution in [-0.4, -0.2) is 43.4 Å². The van der Waals surface area contributed by atoms with Crippen LogP contribution in [0.4, 0.5) is 26.3 Å². The Kier molecular flexibility index (Phi) is 16.3. The fraction of sp³-hybridized carbons (Fsp3) is 0.920. The van der Waals surface area contributed by atoms with Gasteiger partial charge in [0.1, 0.15) is 0 Å². The quantitative estimate of drug-likeness (QED) is 0.0704. The predicted molar refractivity (Wildman–Crippen MR) is 122 cm³/mol. The number of halogens is 6. The van der Waals surface area contributed by atoms with Crippen LogP contribution >= 0.6 is 0 Å². The van der Waals surface area contributed by atoms with Crippen molar-refractivity contribution >= 4 is 11.9 Å². The van der Waals surface area contributed by atoms with Gasteiger partial charge in [-0.2, -0.15) is 22.0 Å². The molecule has 0 bridgehead atoms. The highest BCUT2D eigenvalue weighted by atomic mass is 19.4. The van der Waals surface area contributed by atoms with Gasteiger partial charge in [-0.05, 0) is 19.3 Å². The van der Waals surface area contributed by atoms with Crippen molar-refractivity contribution in [1.29, 1.82) is 0 Å². The molecule has 0 aliphatic heterocycles. The largest absolute Gasteiger partial charge is 0.465 e. The Bertz CT molecular complexity index is 591. The van der Waals surface area contributed by atoms with Crippen molar-refractivity contribution in [2.75, 3.05) is 13.2 Å². The standard InChI is InChI=1S/C25H42F6O4/c1-4-7-8-9-10-11-12-13-14-15-16-17-18-34-21(32)23(5-2,6-3)22(33)35-19-24(27,28)20(26)25(29,30)31/h20H,4-19H2,1-3H3. The number of unbranched alkanes of at least 4 members (excludes halogenated alkanes) is 11. The first-order valence-corrected chi connectivity index (χ1v) is 12.8. The Hall–Kier alpha value is -1.48. The molecule has 0 saturated carbocycles. The van der Waals surface area contributed by atoms with E-state index in [4.69, 9.17) is 4.74 Å². The third-order valence-corrected chi connectivity index (χ3v) is 6.27. The van der Waals surface area contributed by atoms with Crippen molar-refractivity contribution in [3.05, 3.63) is 0 Å². The Morgan fingerprint density at radius 3 is 1.46 bits per heavy atom. The van der Waals surface area contributed by atoms with Crippen LogP contribution in [0.3, 0.4) is 0 Å². The van der Waals surface area contributed by atoms with E-state index in [1.54, 1.807) is 0 Å². The maximum absolute atomic E-state index is 13.5. The maximum Gasteiger partial charge on any atom is 0.425 e. The van der Waals surface area contributed by atoms with Gasteiger partial charge in [-0.3, -0.25) is 9.59 Å². The van der Waals surface area contributed by atoms with Crippen molar-refractivity contribution in [3.8, 4) is 0 Å². The molecule has 0 heterocycles. The van der Waals surface area contributed by atoms with Gasteiger partial charge in [0.25, 0.3) is 6.17 Å². The van der Waals surface area contributed by atoms with Crippen LogP contribution in [0.2, 0.25) is 0 Å². The normalized spacial score (nSPS) is 13.5. The average molecular weight is 521 g/mol. The number of hydrogen-bond donors (Lipinski definition) is 0. The van der Waals surface area contributed by atoms with Gasteiger partial charge in [-0.1, -0.05) is 91.4 Å². The molecule has 4 nitrogen and oxygen atoms in total. The van der Waals surface area contributed by atoms with Crippen LogP contribution in [0.15, 0.2) is 0 Å². The summed E-state index contributed by atoms with van der Waals surface area (Å²) in [5, 5.41) is 0. The summed E-state index contributed by atoms with van der Waals surface area (Å²) in [6.07, 6.45) is 2.77. The molecule has 0 aliphatic carbocycles. The van der Waals surface area contributed by atoms with E-state index in [0.29, 0.717) is 6.42 Å². The number of carbonyl (C=O) groups excluding carboxylic acids is 2. The zero-order valence-electron chi connectivity index (χ0n) is 21.3. The highest BCUT2D eigenvalue weighted by Crippen LogP contribution is 2.36. The van der Waals surface area contributed by atoms with E-state index in [1.807, 2.05) is 0 Å². The molecule has 0 amide bonds. The molecular weight excluding hydrogens is 478 g/mol. The van der Waals surface area contributed by atoms with Crippen molar-refractivity contribution in [3.63, 3.8) is 0 Å². The van der Waals surface area contributed by atoms with Gasteiger partial charge >= 0.3 is 24.0 Å². The van der Waals surface area contributed by atoms with E-state index in [2.05, 4.69) is 11.7 Å². The molecule has 1 atom stereocenters. The summed E-state index contributed by atoms with van der Waals surface area (Å²) >= 11 is 0. The zero-order chi connectivity index (χ0) is 27.0. The summed E-state index contributed by atoms with van der Waals surface area (Å²) in [6, 6.07) is 0. The number of hydrogen-bond acceptors (Lipinski definition) is 4. The topological polar surface area (TPSA) is 52.6 Å². The van der Waals surface area contributed by atoms with Crippen LogP contribution in [0.5, 0.6) is 0 Å². The van der Waals surface area contributed by atoms with Crippen molar-refractivity contribution in [2.24, 2.45) is 5.41 Å². The van der Waals surface area contributed by atoms with E-state index in [9.17, 15) is 35.9 Å². The van der Waals surface area contributed by atoms with E-state index >= 15 is 0 Å². The Balaban J connectivity index is 4.36. The molecule has 0 N–H and O–H groups in total. The van der Waals surface area contributed by atoms with Crippen LogP contribution in [0, 0.1) is 5.41 Å². The van der Waals surface area contributed by atoms with Crippen molar-refractivity contribution < 1.29 is 45.4 Å². The summed E-state index contributed by atoms with van der Waals surface area (Å²) in [4.78, 5) is 24.9. The molecule has 0 aromatic rings. The highest BCUT2D eigenvalue weighted by molar-refractivity contribution is 6.00. The highest BCUT2D eigenvalue weighted by Gasteiger charge is 2.58. The van der Waals surface area contributed by atoms with Gasteiger partial charge in [-0.15, -0.1) is 0 Å². The summed E-state index contributed by atoms with van der Waals surface area (Å²) in [6.45, 7) is 2.96. The third-order valence-electron chi connectivity index (χ3n) is 6.27. The Morgan fingerprint density at radius 2 is 1.06 bits per heavy atom. The van der Waals surface area contributed by atoms with E-state index < -0.39 is 42.2 Å². The van der Waals surface area contributed by atoms with E-state index in [1.165, 1.54) is 58.8 Å². The minimum Gasteiger partial charge on any atom is -0.465 e. The first kappa shape index (κ1) is 33.5. The second-order valence-electron chi connectivity index (χ2n) is 9.06. The first-order chi connectivity index (χ1) is 16.4. The number of carbonyl (C=O) groups is 2. The average Bonchev–Trinajstić information content (AvgIpc) is 2.80. The summed E-state index contributed by atoms with van der Waals surface area (Å²) in [5.41, 5.74) is -1.93. The molecular formula is C25H42F6O4. The fourth-order valence-corrected chi connectivity index (χ4v) is 3.77. The third kappa shape index (κ3) is 12.4. The smallest absolute Gasteiger partial charge is 0.425 e. The fourth-order valence-electron chi connectivity index (χ4n) is 3.77. The number of rotatable bonds is 20. The molecule has 0 saturated heterocycles. The molecule has 1 unspecified atom stereocenters. The van der Waals surface area contributed by atoms with Crippen LogP contribution in [-0.2, 0) is 19.1 Å². The number of ether oxygens (including phenoxy) is 2. The molecule has 0 aromatic carbocycles. The van der Waals surface area contributed by atoms with Crippen LogP contribution < -0.4 is 0 Å². The van der Waals surface area contributed by atoms with Crippen molar-refractivity contribution in [1.82, 2.24) is 0 Å². The second kappa shape index (κ2) is 17.1. The van der Waals surface area contributed by atoms with E-state index in [-0.39, 0.29) is 19.4 Å². The van der Waals surface area contributed by atoms with E-state index in [0.717, 1.165) is 25.7 Å². The molecule has 0 aromatic heterocycles. The minimum absolute atomic E-state index is 0.0298. The van der Waals surface area contributed by atoms with Gasteiger partial charge in [0.05, 0.1) is 6.61 Å². The monoisotopic (exact) mass is 520 g/mol. The van der Waals surface area contributed by atoms with Gasteiger partial charge in [0.15, 0.2) is 12.0 Å². The molecule has 208 valence electrons. The Morgan fingerprint density at radius 1 is 0.657 bits per heavy atom. The second-order valence-corrected chi connectivity index (χ2v) is 9.06. The Labute approximate surface area is 205 Å². The molecule has 35 heavy (non-hydrogen) atoms. The lowest BCUT2D eigenvalue weighted by Crippen LogP contribution is -2.47. The molecule has 0 spiro atoms. The van der Waals surface area contributed by atoms with Gasteiger partial charge in [0.2, 0.25) is 0 Å². The SMILES string of the molecule is CCCCCCCCCCCCCCOC(=O)C(CC)(CC)C(=O)OCC(F)(F)C(F)C(F)(F)F. The lowest BCUT2D eigenvalue weighted by molar-refractivity contribution is -0.255. The number of alkyl halides is 6. The van der Waals surface area contributed by atoms with Gasteiger partial charge in [-0.25, -0.2) is 4.39 Å². The number of esters is 2.